The third-order valence-electron chi connectivity index (χ3n) is 4.92. The fourth-order valence-electron chi connectivity index (χ4n) is 3.66. The lowest BCUT2D eigenvalue weighted by Gasteiger charge is -2.28. The van der Waals surface area contributed by atoms with Gasteiger partial charge in [0.2, 0.25) is 0 Å². The van der Waals surface area contributed by atoms with Gasteiger partial charge in [0.15, 0.2) is 0 Å². The number of benzene rings is 1. The molecule has 0 aliphatic carbocycles. The molecule has 0 spiro atoms. The van der Waals surface area contributed by atoms with Crippen LogP contribution in [0.15, 0.2) is 24.3 Å². The number of nitrogens with zero attached hydrogens (tertiary/aromatic N) is 1. The molecule has 1 N–H and O–H groups in total. The molecule has 6 heteroatoms. The first kappa shape index (κ1) is 16.7. The lowest BCUT2D eigenvalue weighted by atomic mass is 9.93. The van der Waals surface area contributed by atoms with Crippen molar-refractivity contribution in [2.24, 2.45) is 5.92 Å². The molecule has 1 aromatic carbocycles. The van der Waals surface area contributed by atoms with Gasteiger partial charge in [-0.25, -0.2) is 4.39 Å². The molecule has 2 atom stereocenters. The van der Waals surface area contributed by atoms with E-state index in [-0.39, 0.29) is 18.5 Å². The highest BCUT2D eigenvalue weighted by atomic mass is 19.4. The molecule has 0 radical (unpaired) electrons. The molecule has 3 rings (SSSR count). The zero-order chi connectivity index (χ0) is 16.5. The molecule has 2 fully saturated rings. The predicted octanol–water partition coefficient (Wildman–Crippen LogP) is 3.58. The fourth-order valence-corrected chi connectivity index (χ4v) is 3.66. The van der Waals surface area contributed by atoms with E-state index < -0.39 is 17.4 Å². The first-order chi connectivity index (χ1) is 10.9. The van der Waals surface area contributed by atoms with Crippen molar-refractivity contribution in [3.63, 3.8) is 0 Å². The Morgan fingerprint density at radius 2 is 2.13 bits per heavy atom. The third-order valence-corrected chi connectivity index (χ3v) is 4.92. The highest BCUT2D eigenvalue weighted by molar-refractivity contribution is 5.31. The van der Waals surface area contributed by atoms with Gasteiger partial charge >= 0.3 is 6.18 Å². The molecule has 2 unspecified atom stereocenters. The standard InChI is InChI=1S/C17H22F4N2/c18-16(14-4-1-5-15(9-14)17(19,20)21)6-8-23(12-16)11-13-3-2-7-22-10-13/h1,4-5,9,13,22H,2-3,6-8,10-12H2. The van der Waals surface area contributed by atoms with Crippen LogP contribution in [0, 0.1) is 5.92 Å². The van der Waals surface area contributed by atoms with E-state index in [1.54, 1.807) is 0 Å². The van der Waals surface area contributed by atoms with E-state index >= 15 is 4.39 Å². The van der Waals surface area contributed by atoms with Crippen LogP contribution in [-0.4, -0.2) is 37.6 Å². The normalized spacial score (nSPS) is 29.8. The van der Waals surface area contributed by atoms with Crippen LogP contribution in [-0.2, 0) is 11.8 Å². The fraction of sp³-hybridized carbons (Fsp3) is 0.647. The van der Waals surface area contributed by atoms with Gasteiger partial charge in [-0.1, -0.05) is 12.1 Å². The van der Waals surface area contributed by atoms with Gasteiger partial charge < -0.3 is 5.32 Å². The van der Waals surface area contributed by atoms with Gasteiger partial charge in [-0.05, 0) is 56.0 Å². The van der Waals surface area contributed by atoms with Crippen molar-refractivity contribution in [2.75, 3.05) is 32.7 Å². The van der Waals surface area contributed by atoms with E-state index in [1.165, 1.54) is 12.1 Å². The Hall–Kier alpha value is -1.14. The summed E-state index contributed by atoms with van der Waals surface area (Å²) in [6.45, 7) is 3.58. The monoisotopic (exact) mass is 330 g/mol. The molecular formula is C17H22F4N2. The summed E-state index contributed by atoms with van der Waals surface area (Å²) in [5.41, 5.74) is -2.30. The van der Waals surface area contributed by atoms with Crippen LogP contribution in [0.2, 0.25) is 0 Å². The molecule has 0 saturated carbocycles. The Morgan fingerprint density at radius 3 is 2.83 bits per heavy atom. The van der Waals surface area contributed by atoms with E-state index in [0.717, 1.165) is 44.6 Å². The molecule has 128 valence electrons. The first-order valence-corrected chi connectivity index (χ1v) is 8.16. The summed E-state index contributed by atoms with van der Waals surface area (Å²) in [6, 6.07) is 4.73. The van der Waals surface area contributed by atoms with Crippen LogP contribution in [0.5, 0.6) is 0 Å². The summed E-state index contributed by atoms with van der Waals surface area (Å²) in [7, 11) is 0. The number of nitrogens with one attached hydrogen (secondary N) is 1. The van der Waals surface area contributed by atoms with Gasteiger partial charge in [0, 0.05) is 19.6 Å². The Bertz CT molecular complexity index is 540. The predicted molar refractivity (Wildman–Crippen MR) is 80.9 cm³/mol. The van der Waals surface area contributed by atoms with Crippen LogP contribution < -0.4 is 5.32 Å². The minimum Gasteiger partial charge on any atom is -0.316 e. The molecule has 0 aromatic heterocycles. The van der Waals surface area contributed by atoms with Crippen molar-refractivity contribution < 1.29 is 17.6 Å². The van der Waals surface area contributed by atoms with Crippen LogP contribution in [0.4, 0.5) is 17.6 Å². The van der Waals surface area contributed by atoms with Gasteiger partial charge in [0.1, 0.15) is 5.67 Å². The number of hydrogen-bond acceptors (Lipinski definition) is 2. The van der Waals surface area contributed by atoms with Crippen molar-refractivity contribution in [2.45, 2.75) is 31.1 Å². The number of halogens is 4. The van der Waals surface area contributed by atoms with Crippen LogP contribution in [0.1, 0.15) is 30.4 Å². The molecule has 2 aliphatic rings. The number of hydrogen-bond donors (Lipinski definition) is 1. The quantitative estimate of drug-likeness (QED) is 0.852. The third kappa shape index (κ3) is 3.86. The molecule has 2 saturated heterocycles. The SMILES string of the molecule is FC(F)(F)c1cccc(C2(F)CCN(CC3CCCNC3)C2)c1. The van der Waals surface area contributed by atoms with Gasteiger partial charge in [-0.3, -0.25) is 4.90 Å². The highest BCUT2D eigenvalue weighted by Crippen LogP contribution is 2.39. The number of likely N-dealkylation sites (tertiary alicyclic amines) is 1. The Morgan fingerprint density at radius 1 is 1.30 bits per heavy atom. The van der Waals surface area contributed by atoms with Crippen molar-refractivity contribution in [3.8, 4) is 0 Å². The average Bonchev–Trinajstić information content (AvgIpc) is 2.90. The topological polar surface area (TPSA) is 15.3 Å². The second kappa shape index (κ2) is 6.40. The Labute approximate surface area is 133 Å². The molecule has 0 bridgehead atoms. The number of piperidine rings is 1. The highest BCUT2D eigenvalue weighted by Gasteiger charge is 2.41. The lowest BCUT2D eigenvalue weighted by molar-refractivity contribution is -0.137. The average molecular weight is 330 g/mol. The van der Waals surface area contributed by atoms with Gasteiger partial charge in [-0.15, -0.1) is 0 Å². The summed E-state index contributed by atoms with van der Waals surface area (Å²) >= 11 is 0. The molecule has 2 nitrogen and oxygen atoms in total. The van der Waals surface area contributed by atoms with E-state index in [2.05, 4.69) is 10.2 Å². The van der Waals surface area contributed by atoms with E-state index in [1.807, 2.05) is 0 Å². The largest absolute Gasteiger partial charge is 0.416 e. The molecular weight excluding hydrogens is 308 g/mol. The maximum Gasteiger partial charge on any atom is 0.416 e. The zero-order valence-corrected chi connectivity index (χ0v) is 13.0. The van der Waals surface area contributed by atoms with E-state index in [0.29, 0.717) is 12.5 Å². The van der Waals surface area contributed by atoms with Crippen LogP contribution in [0.25, 0.3) is 0 Å². The zero-order valence-electron chi connectivity index (χ0n) is 13.0. The first-order valence-electron chi connectivity index (χ1n) is 8.16. The van der Waals surface area contributed by atoms with Crippen LogP contribution in [0.3, 0.4) is 0 Å². The van der Waals surface area contributed by atoms with Crippen LogP contribution >= 0.6 is 0 Å². The second-order valence-corrected chi connectivity index (χ2v) is 6.74. The molecule has 23 heavy (non-hydrogen) atoms. The number of alkyl halides is 4. The molecule has 0 amide bonds. The smallest absolute Gasteiger partial charge is 0.316 e. The summed E-state index contributed by atoms with van der Waals surface area (Å²) in [5, 5.41) is 3.34. The summed E-state index contributed by atoms with van der Waals surface area (Å²) in [4.78, 5) is 2.05. The van der Waals surface area contributed by atoms with Gasteiger partial charge in [0.05, 0.1) is 5.56 Å². The van der Waals surface area contributed by atoms with Gasteiger partial charge in [0.25, 0.3) is 0 Å². The maximum atomic E-state index is 15.2. The molecule has 2 heterocycles. The van der Waals surface area contributed by atoms with Crippen molar-refractivity contribution in [3.05, 3.63) is 35.4 Å². The van der Waals surface area contributed by atoms with Crippen molar-refractivity contribution in [1.29, 1.82) is 0 Å². The Kier molecular flexibility index (Phi) is 4.65. The van der Waals surface area contributed by atoms with E-state index in [9.17, 15) is 13.2 Å². The minimum atomic E-state index is -4.43. The summed E-state index contributed by atoms with van der Waals surface area (Å²) in [5.74, 6) is 0.507. The second-order valence-electron chi connectivity index (χ2n) is 6.74. The summed E-state index contributed by atoms with van der Waals surface area (Å²) in [6.07, 6.45) is -1.91. The van der Waals surface area contributed by atoms with Gasteiger partial charge in [-0.2, -0.15) is 13.2 Å². The summed E-state index contributed by atoms with van der Waals surface area (Å²) < 4.78 is 53.7. The van der Waals surface area contributed by atoms with Crippen molar-refractivity contribution in [1.82, 2.24) is 10.2 Å². The van der Waals surface area contributed by atoms with Crippen molar-refractivity contribution >= 4 is 0 Å². The number of rotatable bonds is 3. The lowest BCUT2D eigenvalue weighted by Crippen LogP contribution is -2.38. The minimum absolute atomic E-state index is 0.150. The maximum absolute atomic E-state index is 15.2. The van der Waals surface area contributed by atoms with E-state index in [4.69, 9.17) is 0 Å². The molecule has 2 aliphatic heterocycles. The Balaban J connectivity index is 1.68. The molecule has 1 aromatic rings.